The van der Waals surface area contributed by atoms with Crippen molar-refractivity contribution in [2.75, 3.05) is 26.4 Å². The van der Waals surface area contributed by atoms with Crippen LogP contribution < -0.4 is 5.73 Å². The molecule has 11 heteroatoms. The van der Waals surface area contributed by atoms with Gasteiger partial charge in [0.15, 0.2) is 0 Å². The molecule has 0 saturated heterocycles. The molecular formula is C43H76NO9P. The molecule has 0 rings (SSSR count). The lowest BCUT2D eigenvalue weighted by molar-refractivity contribution is -0.154. The van der Waals surface area contributed by atoms with Crippen LogP contribution in [-0.4, -0.2) is 60.5 Å². The molecule has 0 spiro atoms. The zero-order chi connectivity index (χ0) is 39.8. The summed E-state index contributed by atoms with van der Waals surface area (Å²) in [6.45, 7) is 3.67. The van der Waals surface area contributed by atoms with Crippen LogP contribution in [0.5, 0.6) is 0 Å². The van der Waals surface area contributed by atoms with Gasteiger partial charge in [0.2, 0.25) is 0 Å². The Balaban J connectivity index is 4.23. The van der Waals surface area contributed by atoms with E-state index in [0.717, 1.165) is 83.5 Å². The minimum Gasteiger partial charge on any atom is -0.480 e. The molecule has 0 aliphatic carbocycles. The molecule has 0 aromatic carbocycles. The number of phosphoric ester groups is 1. The maximum absolute atomic E-state index is 12.6. The van der Waals surface area contributed by atoms with Crippen molar-refractivity contribution in [3.63, 3.8) is 0 Å². The number of carbonyl (C=O) groups excluding carboxylic acids is 1. The highest BCUT2D eigenvalue weighted by Gasteiger charge is 2.27. The van der Waals surface area contributed by atoms with Crippen LogP contribution in [0.25, 0.3) is 0 Å². The Kier molecular flexibility index (Phi) is 37.2. The van der Waals surface area contributed by atoms with Gasteiger partial charge in [0, 0.05) is 13.0 Å². The summed E-state index contributed by atoms with van der Waals surface area (Å²) in [7, 11) is -4.62. The number of carboxylic acids is 1. The minimum atomic E-state index is -4.62. The molecule has 0 aliphatic heterocycles. The topological polar surface area (TPSA) is 155 Å². The van der Waals surface area contributed by atoms with E-state index < -0.39 is 45.1 Å². The molecule has 3 unspecified atom stereocenters. The molecule has 54 heavy (non-hydrogen) atoms. The van der Waals surface area contributed by atoms with Crippen molar-refractivity contribution in [2.24, 2.45) is 5.73 Å². The second-order valence-corrected chi connectivity index (χ2v) is 15.2. The van der Waals surface area contributed by atoms with Crippen molar-refractivity contribution in [2.45, 2.75) is 174 Å². The second kappa shape index (κ2) is 38.9. The smallest absolute Gasteiger partial charge is 0.472 e. The van der Waals surface area contributed by atoms with Crippen LogP contribution in [0.4, 0.5) is 0 Å². The third-order valence-corrected chi connectivity index (χ3v) is 9.46. The summed E-state index contributed by atoms with van der Waals surface area (Å²) < 4.78 is 33.2. The number of carbonyl (C=O) groups is 2. The molecule has 4 N–H and O–H groups in total. The summed E-state index contributed by atoms with van der Waals surface area (Å²) in [5.74, 6) is -1.79. The fourth-order valence-electron chi connectivity index (χ4n) is 5.30. The standard InChI is InChI=1S/C43H76NO9P/c1-3-5-7-9-11-13-15-16-17-18-19-20-21-22-23-24-25-27-29-31-33-35-42(45)53-40(38-51-54(48,49)52-39-41(44)43(46)47)37-50-36-34-32-30-28-26-14-12-10-8-6-4-2/h5,7-8,10-11,13,16-17,19-20,40-41H,3-4,6,9,12,14-15,18,21-39,44H2,1-2H3,(H,46,47)(H,48,49)/b7-5-,10-8-,13-11-,17-16-,20-19-. The largest absolute Gasteiger partial charge is 0.480 e. The van der Waals surface area contributed by atoms with Crippen molar-refractivity contribution < 1.29 is 42.7 Å². The lowest BCUT2D eigenvalue weighted by Gasteiger charge is -2.20. The highest BCUT2D eigenvalue weighted by atomic mass is 31.2. The summed E-state index contributed by atoms with van der Waals surface area (Å²) in [6, 6.07) is -1.48. The molecule has 312 valence electrons. The van der Waals surface area contributed by atoms with E-state index >= 15 is 0 Å². The summed E-state index contributed by atoms with van der Waals surface area (Å²) in [5.41, 5.74) is 5.34. The Morgan fingerprint density at radius 2 is 1.07 bits per heavy atom. The Morgan fingerprint density at radius 1 is 0.611 bits per heavy atom. The quantitative estimate of drug-likeness (QED) is 0.0237. The van der Waals surface area contributed by atoms with Crippen molar-refractivity contribution in [3.8, 4) is 0 Å². The number of nitrogens with two attached hydrogens (primary N) is 1. The first-order valence-electron chi connectivity index (χ1n) is 20.8. The van der Waals surface area contributed by atoms with E-state index in [0.29, 0.717) is 13.0 Å². The van der Waals surface area contributed by atoms with E-state index in [9.17, 15) is 19.0 Å². The number of aliphatic carboxylic acids is 1. The van der Waals surface area contributed by atoms with E-state index in [1.54, 1.807) is 0 Å². The van der Waals surface area contributed by atoms with Crippen LogP contribution >= 0.6 is 7.82 Å². The van der Waals surface area contributed by atoms with Crippen LogP contribution in [0.3, 0.4) is 0 Å². The number of hydrogen-bond acceptors (Lipinski definition) is 8. The lowest BCUT2D eigenvalue weighted by atomic mass is 10.1. The number of ether oxygens (including phenoxy) is 2. The molecule has 0 saturated carbocycles. The maximum Gasteiger partial charge on any atom is 0.472 e. The molecule has 0 bridgehead atoms. The summed E-state index contributed by atoms with van der Waals surface area (Å²) in [6.07, 6.45) is 45.6. The fraction of sp³-hybridized carbons (Fsp3) is 0.721. The first kappa shape index (κ1) is 51.7. The number of carboxylic acid groups (broad SMARTS) is 1. The molecule has 0 heterocycles. The van der Waals surface area contributed by atoms with E-state index in [1.807, 2.05) is 0 Å². The van der Waals surface area contributed by atoms with Crippen molar-refractivity contribution in [3.05, 3.63) is 60.8 Å². The van der Waals surface area contributed by atoms with E-state index in [2.05, 4.69) is 74.6 Å². The highest BCUT2D eigenvalue weighted by Crippen LogP contribution is 2.43. The first-order chi connectivity index (χ1) is 26.2. The van der Waals surface area contributed by atoms with Crippen molar-refractivity contribution >= 4 is 19.8 Å². The van der Waals surface area contributed by atoms with Crippen molar-refractivity contribution in [1.82, 2.24) is 0 Å². The van der Waals surface area contributed by atoms with Crippen molar-refractivity contribution in [1.29, 1.82) is 0 Å². The van der Waals surface area contributed by atoms with Gasteiger partial charge in [-0.3, -0.25) is 18.6 Å². The van der Waals surface area contributed by atoms with E-state index in [4.69, 9.17) is 29.4 Å². The number of allylic oxidation sites excluding steroid dienone is 10. The third-order valence-electron chi connectivity index (χ3n) is 8.51. The van der Waals surface area contributed by atoms with Crippen LogP contribution in [0.2, 0.25) is 0 Å². The van der Waals surface area contributed by atoms with Gasteiger partial charge in [0.25, 0.3) is 0 Å². The average Bonchev–Trinajstić information content (AvgIpc) is 3.15. The van der Waals surface area contributed by atoms with Gasteiger partial charge in [0.1, 0.15) is 12.1 Å². The number of rotatable bonds is 39. The zero-order valence-corrected chi connectivity index (χ0v) is 34.7. The molecule has 10 nitrogen and oxygen atoms in total. The van der Waals surface area contributed by atoms with Gasteiger partial charge in [-0.25, -0.2) is 4.57 Å². The molecule has 0 fully saturated rings. The zero-order valence-electron chi connectivity index (χ0n) is 33.8. The molecule has 0 aliphatic rings. The Hall–Kier alpha value is -2.33. The fourth-order valence-corrected chi connectivity index (χ4v) is 6.08. The Labute approximate surface area is 328 Å². The number of phosphoric acid groups is 1. The van der Waals surface area contributed by atoms with Crippen LogP contribution in [0, 0.1) is 0 Å². The van der Waals surface area contributed by atoms with Gasteiger partial charge in [-0.05, 0) is 70.6 Å². The SMILES string of the molecule is CC/C=C\C/C=C\C/C=C\C/C=C\CCCCCCCCCCC(=O)OC(COCCCCCCCC/C=C\CCC)COP(=O)(O)OCC(N)C(=O)O. The van der Waals surface area contributed by atoms with Crippen LogP contribution in [-0.2, 0) is 32.7 Å². The molecule has 0 amide bonds. The van der Waals surface area contributed by atoms with Gasteiger partial charge < -0.3 is 25.2 Å². The average molecular weight is 782 g/mol. The monoisotopic (exact) mass is 782 g/mol. The van der Waals surface area contributed by atoms with Crippen LogP contribution in [0.15, 0.2) is 60.8 Å². The first-order valence-corrected chi connectivity index (χ1v) is 22.3. The minimum absolute atomic E-state index is 0.00670. The van der Waals surface area contributed by atoms with E-state index in [-0.39, 0.29) is 13.0 Å². The lowest BCUT2D eigenvalue weighted by Crippen LogP contribution is -2.34. The number of hydrogen-bond donors (Lipinski definition) is 3. The highest BCUT2D eigenvalue weighted by molar-refractivity contribution is 7.47. The third kappa shape index (κ3) is 38.0. The number of esters is 1. The predicted octanol–water partition coefficient (Wildman–Crippen LogP) is 11.3. The Bertz CT molecular complexity index is 1090. The second-order valence-electron chi connectivity index (χ2n) is 13.7. The molecule has 0 aromatic heterocycles. The van der Waals surface area contributed by atoms with E-state index in [1.165, 1.54) is 51.4 Å². The van der Waals surface area contributed by atoms with Gasteiger partial charge in [-0.15, -0.1) is 0 Å². The Morgan fingerprint density at radius 3 is 1.63 bits per heavy atom. The number of unbranched alkanes of at least 4 members (excludes halogenated alkanes) is 15. The predicted molar refractivity (Wildman–Crippen MR) is 221 cm³/mol. The van der Waals surface area contributed by atoms with Crippen LogP contribution in [0.1, 0.15) is 162 Å². The molecule has 3 atom stereocenters. The molecular weight excluding hydrogens is 705 g/mol. The van der Waals surface area contributed by atoms with Gasteiger partial charge in [-0.2, -0.15) is 0 Å². The van der Waals surface area contributed by atoms with Gasteiger partial charge in [-0.1, -0.05) is 145 Å². The van der Waals surface area contributed by atoms with Gasteiger partial charge in [0.05, 0.1) is 19.8 Å². The summed E-state index contributed by atoms with van der Waals surface area (Å²) in [4.78, 5) is 33.5. The molecule has 0 aromatic rings. The summed E-state index contributed by atoms with van der Waals surface area (Å²) >= 11 is 0. The van der Waals surface area contributed by atoms with Gasteiger partial charge >= 0.3 is 19.8 Å². The molecule has 0 radical (unpaired) electrons. The normalized spacial score (nSPS) is 14.6. The summed E-state index contributed by atoms with van der Waals surface area (Å²) in [5, 5.41) is 8.88. The maximum atomic E-state index is 12.6.